The van der Waals surface area contributed by atoms with Crippen LogP contribution in [-0.2, 0) is 10.0 Å². The Morgan fingerprint density at radius 2 is 2.13 bits per heavy atom. The number of benzene rings is 1. The molecule has 1 aromatic carbocycles. The number of allylic oxidation sites excluding steroid dienone is 1. The highest BCUT2D eigenvalue weighted by atomic mass is 32.2. The molecule has 0 radical (unpaired) electrons. The van der Waals surface area contributed by atoms with E-state index in [4.69, 9.17) is 4.52 Å². The quantitative estimate of drug-likeness (QED) is 0.511. The summed E-state index contributed by atoms with van der Waals surface area (Å²) in [5.74, 6) is 0.0595. The van der Waals surface area contributed by atoms with Gasteiger partial charge in [-0.3, -0.25) is 0 Å². The van der Waals surface area contributed by atoms with Gasteiger partial charge in [0.2, 0.25) is 15.8 Å². The lowest BCUT2D eigenvalue weighted by molar-refractivity contribution is 0.433. The third-order valence-electron chi connectivity index (χ3n) is 5.00. The number of halogens is 1. The summed E-state index contributed by atoms with van der Waals surface area (Å²) in [6, 6.07) is 7.44. The van der Waals surface area contributed by atoms with E-state index in [-0.39, 0.29) is 16.6 Å². The summed E-state index contributed by atoms with van der Waals surface area (Å²) in [4.78, 5) is 5.70. The normalized spacial score (nSPS) is 14.7. The number of aromatic nitrogens is 2. The predicted octanol–water partition coefficient (Wildman–Crippen LogP) is 5.08. The summed E-state index contributed by atoms with van der Waals surface area (Å²) >= 11 is 1.27. The Kier molecular flexibility index (Phi) is 6.12. The lowest BCUT2D eigenvalue weighted by atomic mass is 9.97. The van der Waals surface area contributed by atoms with Gasteiger partial charge < -0.3 is 4.52 Å². The van der Waals surface area contributed by atoms with Crippen molar-refractivity contribution in [2.24, 2.45) is 0 Å². The molecule has 0 bridgehead atoms. The van der Waals surface area contributed by atoms with Crippen LogP contribution in [0.25, 0.3) is 22.2 Å². The molecule has 30 heavy (non-hydrogen) atoms. The molecule has 0 atom stereocenters. The van der Waals surface area contributed by atoms with Gasteiger partial charge in [-0.2, -0.15) is 4.98 Å². The monoisotopic (exact) mass is 447 g/mol. The Hall–Kier alpha value is -2.36. The number of thiophene rings is 1. The average molecular weight is 448 g/mol. The van der Waals surface area contributed by atoms with Crippen molar-refractivity contribution in [3.63, 3.8) is 0 Å². The van der Waals surface area contributed by atoms with Crippen molar-refractivity contribution in [1.29, 1.82) is 0 Å². The Morgan fingerprint density at radius 1 is 1.27 bits per heavy atom. The zero-order valence-corrected chi connectivity index (χ0v) is 18.2. The van der Waals surface area contributed by atoms with Gasteiger partial charge in [0.15, 0.2) is 0 Å². The van der Waals surface area contributed by atoms with Crippen LogP contribution in [0.15, 0.2) is 51.4 Å². The number of hydrogen-bond acceptors (Lipinski definition) is 6. The summed E-state index contributed by atoms with van der Waals surface area (Å²) in [5.41, 5.74) is 1.81. The van der Waals surface area contributed by atoms with Crippen LogP contribution in [0.4, 0.5) is 4.39 Å². The average Bonchev–Trinajstić information content (AvgIpc) is 3.36. The van der Waals surface area contributed by atoms with Gasteiger partial charge in [0.1, 0.15) is 5.82 Å². The van der Waals surface area contributed by atoms with Crippen LogP contribution in [-0.4, -0.2) is 25.1 Å². The fourth-order valence-corrected chi connectivity index (χ4v) is 6.00. The Balaban J connectivity index is 1.49. The molecule has 0 amide bonds. The molecule has 0 unspecified atom stereocenters. The summed E-state index contributed by atoms with van der Waals surface area (Å²) in [6.45, 7) is 2.12. The van der Waals surface area contributed by atoms with E-state index < -0.39 is 15.8 Å². The minimum atomic E-state index is -3.64. The molecule has 2 aromatic heterocycles. The number of nitrogens with one attached hydrogen (secondary N) is 1. The highest BCUT2D eigenvalue weighted by Gasteiger charge is 2.23. The van der Waals surface area contributed by atoms with E-state index in [2.05, 4.69) is 20.9 Å². The first kappa shape index (κ1) is 20.9. The van der Waals surface area contributed by atoms with Crippen molar-refractivity contribution in [2.75, 3.05) is 6.54 Å². The number of rotatable bonds is 7. The zero-order valence-electron chi connectivity index (χ0n) is 16.5. The molecule has 1 aliphatic carbocycles. The maximum absolute atomic E-state index is 13.4. The molecule has 0 aliphatic heterocycles. The summed E-state index contributed by atoms with van der Waals surface area (Å²) < 4.78 is 47.0. The molecule has 3 aromatic rings. The van der Waals surface area contributed by atoms with Gasteiger partial charge in [0, 0.05) is 17.0 Å². The van der Waals surface area contributed by atoms with Crippen LogP contribution in [0, 0.1) is 12.7 Å². The molecule has 2 heterocycles. The van der Waals surface area contributed by atoms with Crippen LogP contribution in [0.2, 0.25) is 0 Å². The molecule has 158 valence electrons. The second kappa shape index (κ2) is 8.79. The molecule has 4 rings (SSSR count). The highest BCUT2D eigenvalue weighted by Crippen LogP contribution is 2.33. The van der Waals surface area contributed by atoms with Crippen LogP contribution in [0.5, 0.6) is 0 Å². The molecule has 0 fully saturated rings. The third kappa shape index (κ3) is 4.69. The molecular weight excluding hydrogens is 425 g/mol. The fraction of sp³-hybridized carbons (Fsp3) is 0.333. The highest BCUT2D eigenvalue weighted by molar-refractivity contribution is 7.89. The maximum Gasteiger partial charge on any atom is 0.268 e. The van der Waals surface area contributed by atoms with Gasteiger partial charge in [-0.1, -0.05) is 28.9 Å². The standard InChI is InChI=1S/C21H22FN3O3S2/c1-14-19(30(26,27)23-11-10-15-6-3-2-4-7-15)13-18(29-14)21-24-20(25-28-21)16-8-5-9-17(22)12-16/h5-6,8-9,12-13,23H,2-4,7,10-11H2,1H3. The molecule has 0 saturated heterocycles. The summed E-state index contributed by atoms with van der Waals surface area (Å²) in [7, 11) is -3.64. The van der Waals surface area contributed by atoms with E-state index in [1.54, 1.807) is 25.1 Å². The maximum atomic E-state index is 13.4. The Morgan fingerprint density at radius 3 is 2.90 bits per heavy atom. The van der Waals surface area contributed by atoms with Gasteiger partial charge >= 0.3 is 0 Å². The first-order chi connectivity index (χ1) is 14.4. The van der Waals surface area contributed by atoms with Gasteiger partial charge in [0.25, 0.3) is 5.89 Å². The van der Waals surface area contributed by atoms with Crippen LogP contribution in [0.3, 0.4) is 0 Å². The van der Waals surface area contributed by atoms with Crippen LogP contribution in [0.1, 0.15) is 37.0 Å². The lowest BCUT2D eigenvalue weighted by Gasteiger charge is -2.13. The van der Waals surface area contributed by atoms with Crippen molar-refractivity contribution in [1.82, 2.24) is 14.9 Å². The number of aryl methyl sites for hydroxylation is 1. The predicted molar refractivity (Wildman–Crippen MR) is 114 cm³/mol. The molecular formula is C21H22FN3O3S2. The molecule has 0 saturated carbocycles. The van der Waals surface area contributed by atoms with E-state index >= 15 is 0 Å². The fourth-order valence-electron chi connectivity index (χ4n) is 3.46. The van der Waals surface area contributed by atoms with Crippen molar-refractivity contribution < 1.29 is 17.3 Å². The first-order valence-electron chi connectivity index (χ1n) is 9.80. The number of nitrogens with zero attached hydrogens (tertiary/aromatic N) is 2. The van der Waals surface area contributed by atoms with Gasteiger partial charge in [0.05, 0.1) is 9.77 Å². The van der Waals surface area contributed by atoms with Gasteiger partial charge in [-0.05, 0) is 57.2 Å². The smallest absolute Gasteiger partial charge is 0.268 e. The second-order valence-electron chi connectivity index (χ2n) is 7.22. The van der Waals surface area contributed by atoms with Crippen molar-refractivity contribution in [3.05, 3.63) is 52.7 Å². The Bertz CT molecular complexity index is 1180. The zero-order chi connectivity index (χ0) is 21.1. The van der Waals surface area contributed by atoms with E-state index in [0.717, 1.165) is 19.3 Å². The largest absolute Gasteiger partial charge is 0.333 e. The van der Waals surface area contributed by atoms with E-state index in [9.17, 15) is 12.8 Å². The van der Waals surface area contributed by atoms with Crippen LogP contribution >= 0.6 is 11.3 Å². The first-order valence-corrected chi connectivity index (χ1v) is 12.1. The van der Waals surface area contributed by atoms with Crippen molar-refractivity contribution in [2.45, 2.75) is 43.9 Å². The second-order valence-corrected chi connectivity index (χ2v) is 10.2. The Labute approximate surface area is 178 Å². The van der Waals surface area contributed by atoms with Gasteiger partial charge in [-0.15, -0.1) is 11.3 Å². The van der Waals surface area contributed by atoms with Gasteiger partial charge in [-0.25, -0.2) is 17.5 Å². The summed E-state index contributed by atoms with van der Waals surface area (Å²) in [6.07, 6.45) is 7.47. The molecule has 1 N–H and O–H groups in total. The van der Waals surface area contributed by atoms with E-state index in [0.29, 0.717) is 21.9 Å². The van der Waals surface area contributed by atoms with Crippen molar-refractivity contribution >= 4 is 21.4 Å². The number of sulfonamides is 1. The van der Waals surface area contributed by atoms with Crippen LogP contribution < -0.4 is 4.72 Å². The lowest BCUT2D eigenvalue weighted by Crippen LogP contribution is -2.25. The molecule has 0 spiro atoms. The minimum Gasteiger partial charge on any atom is -0.333 e. The minimum absolute atomic E-state index is 0.205. The topological polar surface area (TPSA) is 85.1 Å². The SMILES string of the molecule is Cc1sc(-c2nc(-c3cccc(F)c3)no2)cc1S(=O)(=O)NCCC1=CCCCC1. The molecule has 9 heteroatoms. The third-order valence-corrected chi connectivity index (χ3v) is 7.76. The van der Waals surface area contributed by atoms with E-state index in [1.807, 2.05) is 0 Å². The van der Waals surface area contributed by atoms with Crippen molar-refractivity contribution in [3.8, 4) is 22.2 Å². The summed E-state index contributed by atoms with van der Waals surface area (Å²) in [5, 5.41) is 3.89. The number of hydrogen-bond donors (Lipinski definition) is 1. The van der Waals surface area contributed by atoms with E-state index in [1.165, 1.54) is 41.9 Å². The molecule has 6 nitrogen and oxygen atoms in total. The molecule has 1 aliphatic rings.